The van der Waals surface area contributed by atoms with Gasteiger partial charge in [-0.2, -0.15) is 10.2 Å². The number of carboxylic acids is 1. The second-order valence-electron chi connectivity index (χ2n) is 12.9. The molecule has 52 heavy (non-hydrogen) atoms. The molecule has 4 aromatic rings. The average molecular weight is 992 g/mol. The normalized spacial score (nSPS) is 10.6. The predicted molar refractivity (Wildman–Crippen MR) is 208 cm³/mol. The maximum absolute atomic E-state index is 12.5. The van der Waals surface area contributed by atoms with Gasteiger partial charge < -0.3 is 20.3 Å². The average Bonchev–Trinajstić information content (AvgIpc) is 3.69. The quantitative estimate of drug-likeness (QED) is 0.134. The van der Waals surface area contributed by atoms with Crippen molar-refractivity contribution in [1.29, 1.82) is 1.34 Å². The summed E-state index contributed by atoms with van der Waals surface area (Å²) in [5.74, 6) is 0.472. The number of nitrogens with zero attached hydrogens (tertiary/aromatic N) is 4. The van der Waals surface area contributed by atoms with E-state index in [4.69, 9.17) is 46.2 Å². The summed E-state index contributed by atoms with van der Waals surface area (Å²) in [6.45, 7) is 12.8. The van der Waals surface area contributed by atoms with E-state index in [2.05, 4.69) is 39.3 Å². The van der Waals surface area contributed by atoms with E-state index < -0.39 is 13.1 Å². The largest absolute Gasteiger partial charge is 0.495 e. The molecule has 2 aromatic heterocycles. The van der Waals surface area contributed by atoms with Crippen molar-refractivity contribution >= 4 is 43.3 Å². The van der Waals surface area contributed by atoms with Crippen LogP contribution in [-0.2, 0) is 37.9 Å². The number of aromatic nitrogens is 4. The summed E-state index contributed by atoms with van der Waals surface area (Å²) in [5.41, 5.74) is 9.86. The molecule has 0 aliphatic heterocycles. The van der Waals surface area contributed by atoms with E-state index in [1.54, 1.807) is 38.1 Å². The summed E-state index contributed by atoms with van der Waals surface area (Å²) in [4.78, 5) is 23.2. The van der Waals surface area contributed by atoms with Crippen molar-refractivity contribution in [2.24, 2.45) is 19.8 Å². The molecular formula is C37H55BCl2FN5O5U. The number of carboxylic acid groups (broad SMARTS) is 1. The zero-order valence-electron chi connectivity index (χ0n) is 33.1. The first-order chi connectivity index (χ1) is 24.2. The summed E-state index contributed by atoms with van der Waals surface area (Å²) in [6, 6.07) is 14.6. The van der Waals surface area contributed by atoms with Crippen molar-refractivity contribution in [3.8, 4) is 11.5 Å². The number of alkyl halides is 1. The maximum atomic E-state index is 12.5. The Morgan fingerprint density at radius 2 is 1.27 bits per heavy atom. The molecule has 2 heterocycles. The zero-order chi connectivity index (χ0) is 40.4. The van der Waals surface area contributed by atoms with Crippen molar-refractivity contribution in [2.75, 3.05) is 21.4 Å². The van der Waals surface area contributed by atoms with Crippen LogP contribution in [-0.4, -0.2) is 67.5 Å². The number of ketones is 1. The van der Waals surface area contributed by atoms with Crippen LogP contribution >= 0.6 is 23.2 Å². The summed E-state index contributed by atoms with van der Waals surface area (Å²) in [6.07, 6.45) is 1.06. The van der Waals surface area contributed by atoms with E-state index in [1.165, 1.54) is 4.68 Å². The van der Waals surface area contributed by atoms with E-state index in [-0.39, 0.29) is 60.8 Å². The Morgan fingerprint density at radius 3 is 1.60 bits per heavy atom. The van der Waals surface area contributed by atoms with Crippen LogP contribution in [0.2, 0.25) is 10.0 Å². The van der Waals surface area contributed by atoms with Gasteiger partial charge in [0, 0.05) is 77.4 Å². The van der Waals surface area contributed by atoms with E-state index >= 15 is 0 Å². The number of nitrogens with two attached hydrogens (primary N) is 1. The van der Waals surface area contributed by atoms with E-state index in [0.29, 0.717) is 46.6 Å². The fourth-order valence-electron chi connectivity index (χ4n) is 4.22. The number of carbonyl (C=O) groups is 2. The summed E-state index contributed by atoms with van der Waals surface area (Å²) < 4.78 is 33.9. The minimum Gasteiger partial charge on any atom is -0.495 e. The summed E-state index contributed by atoms with van der Waals surface area (Å²) >= 11 is 11.9. The van der Waals surface area contributed by atoms with Gasteiger partial charge in [-0.3, -0.25) is 18.5 Å². The third-order valence-corrected chi connectivity index (χ3v) is 7.70. The second kappa shape index (κ2) is 24.5. The van der Waals surface area contributed by atoms with Crippen molar-refractivity contribution in [2.45, 2.75) is 79.2 Å². The third-order valence-electron chi connectivity index (χ3n) is 7.11. The van der Waals surface area contributed by atoms with Crippen LogP contribution < -0.4 is 15.2 Å². The molecule has 0 aliphatic rings. The Hall–Kier alpha value is -2.81. The van der Waals surface area contributed by atoms with Crippen LogP contribution in [0, 0.1) is 31.1 Å². The molecule has 0 atom stereocenters. The molecule has 4 rings (SSSR count). The first-order valence-corrected chi connectivity index (χ1v) is 16.0. The molecule has 2 aromatic carbocycles. The summed E-state index contributed by atoms with van der Waals surface area (Å²) in [5, 5.41) is 18.5. The number of benzene rings is 2. The van der Waals surface area contributed by atoms with Gasteiger partial charge in [0.1, 0.15) is 22.9 Å². The van der Waals surface area contributed by atoms with E-state index in [1.807, 2.05) is 64.2 Å². The van der Waals surface area contributed by atoms with Crippen LogP contribution in [0.3, 0.4) is 0 Å². The van der Waals surface area contributed by atoms with Gasteiger partial charge in [0.2, 0.25) is 0 Å². The number of halogens is 3. The van der Waals surface area contributed by atoms with Crippen LogP contribution in [0.5, 0.6) is 11.5 Å². The van der Waals surface area contributed by atoms with Crippen LogP contribution in [0.25, 0.3) is 0 Å². The number of carbonyl (C=O) groups excluding carboxylic acids is 1. The molecule has 0 fully saturated rings. The number of Topliss-reactive ketones (excluding diaryl/α,β-unsaturated/α-hetero) is 1. The Labute approximate surface area is 347 Å². The molecule has 0 spiro atoms. The molecule has 0 aliphatic carbocycles. The molecule has 3 N–H and O–H groups in total. The minimum absolute atomic E-state index is 0. The SMILES string of the molecule is C.COc1ccc(CCC(=O)c2cc(C(C)(C)C)nn2C)cc1Cl.COc1ccc(CN)cc1Cl.Cn1nc(C(C)(C)C)cc1C(=O)O.[2H]CF.[3H][B].[U]. The monoisotopic (exact) mass is 990 g/mol. The fourth-order valence-corrected chi connectivity index (χ4v) is 4.78. The van der Waals surface area contributed by atoms with Gasteiger partial charge in [0.05, 0.1) is 44.2 Å². The van der Waals surface area contributed by atoms with Gasteiger partial charge in [-0.05, 0) is 55.3 Å². The van der Waals surface area contributed by atoms with Crippen LogP contribution in [0.15, 0.2) is 48.5 Å². The number of aromatic carboxylic acids is 1. The molecule has 0 amide bonds. The number of hydrogen-bond donors (Lipinski definition) is 2. The molecule has 286 valence electrons. The van der Waals surface area contributed by atoms with Crippen molar-refractivity contribution in [3.63, 3.8) is 0 Å². The topological polar surface area (TPSA) is 134 Å². The van der Waals surface area contributed by atoms with E-state index in [9.17, 15) is 14.0 Å². The van der Waals surface area contributed by atoms with Crippen molar-refractivity contribution in [3.05, 3.63) is 92.5 Å². The van der Waals surface area contributed by atoms with E-state index in [0.717, 1.165) is 22.5 Å². The fraction of sp³-hybridized carbons (Fsp3) is 0.459. The predicted octanol–water partition coefficient (Wildman–Crippen LogP) is 7.99. The number of rotatable bonds is 8. The Kier molecular flexibility index (Phi) is 23.2. The molecule has 2 radical (unpaired) electrons. The van der Waals surface area contributed by atoms with Crippen LogP contribution in [0.4, 0.5) is 4.39 Å². The minimum atomic E-state index is -1.00. The van der Waals surface area contributed by atoms with Gasteiger partial charge >= 0.3 is 5.97 Å². The maximum Gasteiger partial charge on any atom is 0.354 e. The van der Waals surface area contributed by atoms with Gasteiger partial charge in [-0.15, -0.1) is 0 Å². The van der Waals surface area contributed by atoms with Crippen molar-refractivity contribution in [1.82, 2.24) is 19.6 Å². The number of hydrogen-bond acceptors (Lipinski definition) is 7. The summed E-state index contributed by atoms with van der Waals surface area (Å²) in [7, 11) is 9.37. The Balaban J connectivity index is -0.000000717. The first kappa shape index (κ1) is 49.2. The van der Waals surface area contributed by atoms with Gasteiger partial charge in [0.15, 0.2) is 5.78 Å². The van der Waals surface area contributed by atoms with Crippen LogP contribution in [0.1, 0.15) is 100 Å². The number of methoxy groups -OCH3 is 2. The number of aryl methyl sites for hydroxylation is 3. The van der Waals surface area contributed by atoms with Gasteiger partial charge in [0.25, 0.3) is 0 Å². The van der Waals surface area contributed by atoms with Gasteiger partial charge in [-0.1, -0.05) is 84.3 Å². The smallest absolute Gasteiger partial charge is 0.354 e. The Bertz CT molecular complexity index is 1720. The molecule has 15 heteroatoms. The van der Waals surface area contributed by atoms with Crippen molar-refractivity contribution < 1.29 is 61.0 Å². The molecular weight excluding hydrogens is 933 g/mol. The molecule has 10 nitrogen and oxygen atoms in total. The van der Waals surface area contributed by atoms with Gasteiger partial charge in [-0.25, -0.2) is 4.79 Å². The second-order valence-corrected chi connectivity index (χ2v) is 13.8. The number of ether oxygens (including phenoxy) is 2. The zero-order valence-corrected chi connectivity index (χ0v) is 36.8. The molecule has 0 saturated carbocycles. The molecule has 0 unspecified atom stereocenters. The first-order valence-electron chi connectivity index (χ1n) is 16.6. The molecule has 0 saturated heterocycles. The molecule has 0 bridgehead atoms. The standard InChI is InChI=1S/C18H23ClN2O2.C9H14N2O2.C8H10ClNO.CH3F.CH4.BH.U/c1-18(2,3)17-11-14(21(4)20-17)15(22)8-6-12-7-9-16(23-5)13(19)10-12;1-9(2,3)7-5-6(8(12)13)11(4)10-7;1-11-8-3-2-6(5-10)4-7(8)9;1-2;;;/h7,9-11H,6,8H2,1-5H3;5H,1-4H3,(H,12,13);2-4H,5,10H2,1H3;1H3;1H4;1H;/i;;;1D;;1T;. The Morgan fingerprint density at radius 1 is 0.885 bits per heavy atom. The third kappa shape index (κ3) is 16.5.